The van der Waals surface area contributed by atoms with E-state index in [9.17, 15) is 13.2 Å². The van der Waals surface area contributed by atoms with E-state index in [1.54, 1.807) is 48.8 Å². The predicted octanol–water partition coefficient (Wildman–Crippen LogP) is 6.57. The van der Waals surface area contributed by atoms with Crippen molar-refractivity contribution in [3.05, 3.63) is 74.9 Å². The quantitative estimate of drug-likeness (QED) is 0.280. The van der Waals surface area contributed by atoms with Gasteiger partial charge in [-0.3, -0.25) is 9.52 Å². The number of methoxy groups -OCH3 is 1. The van der Waals surface area contributed by atoms with E-state index >= 15 is 0 Å². The highest BCUT2D eigenvalue weighted by Crippen LogP contribution is 2.40. The number of fused-ring (bicyclic) bond motifs is 1. The summed E-state index contributed by atoms with van der Waals surface area (Å²) in [5, 5.41) is 5.09. The van der Waals surface area contributed by atoms with E-state index < -0.39 is 10.0 Å². The first-order valence-electron chi connectivity index (χ1n) is 10.2. The van der Waals surface area contributed by atoms with Crippen molar-refractivity contribution in [2.75, 3.05) is 23.4 Å². The molecule has 4 rings (SSSR count). The lowest BCUT2D eigenvalue weighted by Gasteiger charge is -2.25. The van der Waals surface area contributed by atoms with Gasteiger partial charge in [0.15, 0.2) is 5.06 Å². The highest BCUT2D eigenvalue weighted by Gasteiger charge is 2.26. The molecule has 0 saturated heterocycles. The minimum absolute atomic E-state index is 0.261. The maximum absolute atomic E-state index is 13.0. The molecule has 0 unspecified atom stereocenters. The third-order valence-electron chi connectivity index (χ3n) is 5.32. The number of hydrogen-bond acceptors (Lipinski definition) is 6. The normalized spacial score (nSPS) is 12.0. The zero-order valence-corrected chi connectivity index (χ0v) is 22.1. The Balaban J connectivity index is 1.59. The summed E-state index contributed by atoms with van der Waals surface area (Å²) in [5.41, 5.74) is 1.67. The van der Waals surface area contributed by atoms with Crippen molar-refractivity contribution in [2.45, 2.75) is 19.3 Å². The molecule has 0 atom stereocenters. The number of hydrogen-bond donors (Lipinski definition) is 2. The van der Waals surface area contributed by atoms with Gasteiger partial charge in [-0.15, -0.1) is 22.7 Å². The Morgan fingerprint density at radius 1 is 1.00 bits per heavy atom. The molecule has 2 aromatic heterocycles. The molecule has 0 aliphatic heterocycles. The average Bonchev–Trinajstić information content (AvgIpc) is 3.39. The summed E-state index contributed by atoms with van der Waals surface area (Å²) >= 11 is 9.32. The van der Waals surface area contributed by atoms with E-state index in [1.165, 1.54) is 11.3 Å². The maximum atomic E-state index is 13.0. The molecule has 6 nitrogen and oxygen atoms in total. The first-order chi connectivity index (χ1) is 15.9. The van der Waals surface area contributed by atoms with E-state index in [0.717, 1.165) is 31.8 Å². The van der Waals surface area contributed by atoms with Gasteiger partial charge in [-0.1, -0.05) is 25.4 Å². The zero-order chi connectivity index (χ0) is 24.7. The largest absolute Gasteiger partial charge is 0.487 e. The van der Waals surface area contributed by atoms with Crippen LogP contribution in [-0.4, -0.2) is 27.7 Å². The van der Waals surface area contributed by atoms with Crippen LogP contribution < -0.4 is 14.8 Å². The predicted molar refractivity (Wildman–Crippen MR) is 143 cm³/mol. The van der Waals surface area contributed by atoms with Crippen LogP contribution in [0, 0.1) is 0 Å². The van der Waals surface area contributed by atoms with Crippen molar-refractivity contribution < 1.29 is 17.9 Å². The molecular weight excluding hydrogens is 512 g/mol. The molecule has 0 spiro atoms. The fourth-order valence-electron chi connectivity index (χ4n) is 3.56. The molecule has 10 heteroatoms. The van der Waals surface area contributed by atoms with Crippen LogP contribution >= 0.6 is 34.3 Å². The van der Waals surface area contributed by atoms with Gasteiger partial charge in [0.2, 0.25) is 10.0 Å². The molecule has 0 fully saturated rings. The van der Waals surface area contributed by atoms with Crippen LogP contribution in [0.15, 0.2) is 54.6 Å². The number of rotatable bonds is 7. The molecule has 0 radical (unpaired) electrons. The second-order valence-electron chi connectivity index (χ2n) is 8.37. The Morgan fingerprint density at radius 2 is 1.76 bits per heavy atom. The molecule has 4 aromatic rings. The highest BCUT2D eigenvalue weighted by atomic mass is 35.5. The molecule has 34 heavy (non-hydrogen) atoms. The molecule has 0 aliphatic rings. The second kappa shape index (κ2) is 9.22. The van der Waals surface area contributed by atoms with Gasteiger partial charge < -0.3 is 10.1 Å². The molecule has 0 saturated carbocycles. The van der Waals surface area contributed by atoms with Crippen molar-refractivity contribution in [2.24, 2.45) is 0 Å². The Bertz CT molecular complexity index is 1490. The molecule has 0 aliphatic carbocycles. The molecule has 0 bridgehead atoms. The summed E-state index contributed by atoms with van der Waals surface area (Å²) < 4.78 is 31.7. The second-order valence-corrected chi connectivity index (χ2v) is 12.7. The summed E-state index contributed by atoms with van der Waals surface area (Å²) in [6, 6.07) is 16.4. The lowest BCUT2D eigenvalue weighted by atomic mass is 9.83. The number of anilines is 2. The average molecular weight is 535 g/mol. The van der Waals surface area contributed by atoms with Crippen LogP contribution in [0.1, 0.15) is 34.0 Å². The molecule has 1 amide bonds. The van der Waals surface area contributed by atoms with E-state index in [2.05, 4.69) is 23.9 Å². The number of sulfonamides is 1. The summed E-state index contributed by atoms with van der Waals surface area (Å²) in [4.78, 5) is 14.6. The van der Waals surface area contributed by atoms with Gasteiger partial charge in [0.25, 0.3) is 5.91 Å². The number of carbonyl (C=O) groups excluding carboxylic acids is 1. The van der Waals surface area contributed by atoms with E-state index in [-0.39, 0.29) is 11.3 Å². The summed E-state index contributed by atoms with van der Waals surface area (Å²) in [5.74, 6) is -0.261. The smallest absolute Gasteiger partial charge is 0.265 e. The SMILES string of the molecule is COc1ccc(C(C)(C)c2cc(Cl)cc(NC(=O)c3cc4cc(NS(C)(=O)=O)ccc4s3)c2)s1. The van der Waals surface area contributed by atoms with Gasteiger partial charge in [0, 0.05) is 31.4 Å². The van der Waals surface area contributed by atoms with Crippen LogP contribution in [0.5, 0.6) is 5.06 Å². The van der Waals surface area contributed by atoms with Gasteiger partial charge in [-0.25, -0.2) is 8.42 Å². The van der Waals surface area contributed by atoms with Crippen LogP contribution in [0.4, 0.5) is 11.4 Å². The Morgan fingerprint density at radius 3 is 2.44 bits per heavy atom. The summed E-state index contributed by atoms with van der Waals surface area (Å²) in [7, 11) is -1.74. The zero-order valence-electron chi connectivity index (χ0n) is 18.9. The van der Waals surface area contributed by atoms with Crippen LogP contribution in [0.25, 0.3) is 10.1 Å². The minimum atomic E-state index is -3.38. The number of carbonyl (C=O) groups is 1. The molecular formula is C24H23ClN2O4S3. The Kier molecular flexibility index (Phi) is 6.65. The first kappa shape index (κ1) is 24.5. The van der Waals surface area contributed by atoms with Crippen LogP contribution in [-0.2, 0) is 15.4 Å². The van der Waals surface area contributed by atoms with E-state index in [1.807, 2.05) is 24.3 Å². The molecule has 2 aromatic carbocycles. The highest BCUT2D eigenvalue weighted by molar-refractivity contribution is 7.92. The lowest BCUT2D eigenvalue weighted by molar-refractivity contribution is 0.103. The number of halogens is 1. The Hall–Kier alpha value is -2.59. The number of nitrogens with one attached hydrogen (secondary N) is 2. The summed E-state index contributed by atoms with van der Waals surface area (Å²) in [6.07, 6.45) is 1.10. The fourth-order valence-corrected chi connectivity index (χ4v) is 6.23. The number of ether oxygens (including phenoxy) is 1. The molecule has 178 valence electrons. The van der Waals surface area contributed by atoms with Crippen LogP contribution in [0.2, 0.25) is 5.02 Å². The minimum Gasteiger partial charge on any atom is -0.487 e. The number of amides is 1. The standard InChI is InChI=1S/C24H23ClN2O4S3/c1-24(2,21-7-8-22(31-3)33-21)15-11-16(25)13-18(12-15)26-23(28)20-10-14-9-17(27-34(4,29)30)5-6-19(14)32-20/h5-13,27H,1-4H3,(H,26,28). The number of thiophene rings is 2. The molecule has 2 heterocycles. The van der Waals surface area contributed by atoms with Gasteiger partial charge in [-0.05, 0) is 65.5 Å². The monoisotopic (exact) mass is 534 g/mol. The lowest BCUT2D eigenvalue weighted by Crippen LogP contribution is -2.18. The van der Waals surface area contributed by atoms with Crippen molar-refractivity contribution in [3.8, 4) is 5.06 Å². The maximum Gasteiger partial charge on any atom is 0.265 e. The first-order valence-corrected chi connectivity index (χ1v) is 14.1. The van der Waals surface area contributed by atoms with E-state index in [0.29, 0.717) is 21.3 Å². The van der Waals surface area contributed by atoms with Gasteiger partial charge in [0.05, 0.1) is 18.2 Å². The van der Waals surface area contributed by atoms with Crippen molar-refractivity contribution in [1.82, 2.24) is 0 Å². The van der Waals surface area contributed by atoms with Gasteiger partial charge in [0.1, 0.15) is 0 Å². The van der Waals surface area contributed by atoms with Crippen LogP contribution in [0.3, 0.4) is 0 Å². The molecule has 2 N–H and O–H groups in total. The van der Waals surface area contributed by atoms with Crippen molar-refractivity contribution >= 4 is 71.7 Å². The summed E-state index contributed by atoms with van der Waals surface area (Å²) in [6.45, 7) is 4.20. The number of benzene rings is 2. The van der Waals surface area contributed by atoms with Gasteiger partial charge in [-0.2, -0.15) is 0 Å². The third-order valence-corrected chi connectivity index (χ3v) is 8.63. The van der Waals surface area contributed by atoms with Crippen molar-refractivity contribution in [1.29, 1.82) is 0 Å². The van der Waals surface area contributed by atoms with Gasteiger partial charge >= 0.3 is 0 Å². The van der Waals surface area contributed by atoms with Crippen molar-refractivity contribution in [3.63, 3.8) is 0 Å². The topological polar surface area (TPSA) is 84.5 Å². The Labute approximate surface area is 211 Å². The fraction of sp³-hybridized carbons (Fsp3) is 0.208. The van der Waals surface area contributed by atoms with E-state index in [4.69, 9.17) is 16.3 Å². The third kappa shape index (κ3) is 5.38.